The number of ether oxygens (including phenoxy) is 2. The lowest BCUT2D eigenvalue weighted by Gasteiger charge is -2.20. The molecule has 1 aromatic carbocycles. The molecule has 5 nitrogen and oxygen atoms in total. The van der Waals surface area contributed by atoms with Gasteiger partial charge >= 0.3 is 5.97 Å². The summed E-state index contributed by atoms with van der Waals surface area (Å²) in [6.07, 6.45) is 0.159. The predicted molar refractivity (Wildman–Crippen MR) is 84.0 cm³/mol. The highest BCUT2D eigenvalue weighted by Gasteiger charge is 2.37. The number of carbonyl (C=O) groups is 2. The minimum Gasteiger partial charge on any atom is -0.495 e. The first-order chi connectivity index (χ1) is 10.4. The Morgan fingerprint density at radius 3 is 2.82 bits per heavy atom. The van der Waals surface area contributed by atoms with E-state index in [1.165, 1.54) is 0 Å². The maximum atomic E-state index is 12.3. The van der Waals surface area contributed by atoms with E-state index in [1.54, 1.807) is 18.9 Å². The zero-order chi connectivity index (χ0) is 16.3. The molecular weight excluding hydrogens is 282 g/mol. The number of benzene rings is 1. The van der Waals surface area contributed by atoms with Crippen LogP contribution in [0.15, 0.2) is 30.4 Å². The Morgan fingerprint density at radius 2 is 2.18 bits per heavy atom. The number of esters is 1. The van der Waals surface area contributed by atoms with Crippen LogP contribution in [-0.2, 0) is 14.3 Å². The molecular formula is C17H21NO4. The Balaban J connectivity index is 2.14. The molecule has 0 aromatic heterocycles. The smallest absolute Gasteiger partial charge is 0.311 e. The fraction of sp³-hybridized carbons (Fsp3) is 0.412. The zero-order valence-corrected chi connectivity index (χ0v) is 13.2. The van der Waals surface area contributed by atoms with Crippen LogP contribution < -0.4 is 9.64 Å². The van der Waals surface area contributed by atoms with Gasteiger partial charge in [0.15, 0.2) is 0 Å². The predicted octanol–water partition coefficient (Wildman–Crippen LogP) is 2.48. The summed E-state index contributed by atoms with van der Waals surface area (Å²) in [5.74, 6) is -0.279. The van der Waals surface area contributed by atoms with Gasteiger partial charge in [-0.2, -0.15) is 0 Å². The Hall–Kier alpha value is -2.30. The minimum atomic E-state index is -0.447. The first-order valence-electron chi connectivity index (χ1n) is 7.18. The molecule has 1 aromatic rings. The van der Waals surface area contributed by atoms with Gasteiger partial charge in [-0.25, -0.2) is 0 Å². The summed E-state index contributed by atoms with van der Waals surface area (Å²) in [4.78, 5) is 25.9. The van der Waals surface area contributed by atoms with Crippen LogP contribution in [0.2, 0.25) is 0 Å². The summed E-state index contributed by atoms with van der Waals surface area (Å²) in [7, 11) is 1.56. The quantitative estimate of drug-likeness (QED) is 0.619. The second-order valence-electron chi connectivity index (χ2n) is 5.65. The van der Waals surface area contributed by atoms with Gasteiger partial charge in [0.25, 0.3) is 0 Å². The van der Waals surface area contributed by atoms with Gasteiger partial charge in [-0.05, 0) is 37.1 Å². The van der Waals surface area contributed by atoms with Crippen molar-refractivity contribution < 1.29 is 19.1 Å². The third-order valence-electron chi connectivity index (χ3n) is 3.54. The van der Waals surface area contributed by atoms with Crippen molar-refractivity contribution >= 4 is 17.6 Å². The number of hydrogen-bond acceptors (Lipinski definition) is 4. The summed E-state index contributed by atoms with van der Waals surface area (Å²) in [6, 6.07) is 5.63. The number of carbonyl (C=O) groups excluding carboxylic acids is 2. The first kappa shape index (κ1) is 16.1. The summed E-state index contributed by atoms with van der Waals surface area (Å²) in [5, 5.41) is 0. The molecule has 1 heterocycles. The van der Waals surface area contributed by atoms with E-state index in [4.69, 9.17) is 9.47 Å². The van der Waals surface area contributed by atoms with E-state index in [-0.39, 0.29) is 24.9 Å². The molecule has 118 valence electrons. The lowest BCUT2D eigenvalue weighted by atomic mass is 10.1. The van der Waals surface area contributed by atoms with E-state index in [2.05, 4.69) is 6.58 Å². The molecule has 0 saturated carbocycles. The van der Waals surface area contributed by atoms with Gasteiger partial charge < -0.3 is 14.4 Å². The van der Waals surface area contributed by atoms with Gasteiger partial charge in [0.05, 0.1) is 18.7 Å². The molecule has 1 unspecified atom stereocenters. The van der Waals surface area contributed by atoms with E-state index >= 15 is 0 Å². The van der Waals surface area contributed by atoms with Crippen LogP contribution in [0.4, 0.5) is 5.69 Å². The number of nitrogens with zero attached hydrogens (tertiary/aromatic N) is 1. The van der Waals surface area contributed by atoms with Gasteiger partial charge in [0.2, 0.25) is 5.91 Å². The lowest BCUT2D eigenvalue weighted by Crippen LogP contribution is -2.27. The van der Waals surface area contributed by atoms with Crippen LogP contribution in [0.25, 0.3) is 0 Å². The maximum absolute atomic E-state index is 12.3. The van der Waals surface area contributed by atoms with Crippen molar-refractivity contribution in [1.82, 2.24) is 0 Å². The number of aryl methyl sites for hydroxylation is 1. The normalized spacial score (nSPS) is 17.5. The van der Waals surface area contributed by atoms with Gasteiger partial charge in [-0.3, -0.25) is 9.59 Å². The molecule has 0 N–H and O–H groups in total. The van der Waals surface area contributed by atoms with Crippen LogP contribution in [-0.4, -0.2) is 32.1 Å². The molecule has 22 heavy (non-hydrogen) atoms. The Morgan fingerprint density at radius 1 is 1.45 bits per heavy atom. The summed E-state index contributed by atoms with van der Waals surface area (Å²) >= 11 is 0. The first-order valence-corrected chi connectivity index (χ1v) is 7.18. The van der Waals surface area contributed by atoms with Crippen molar-refractivity contribution in [1.29, 1.82) is 0 Å². The standard InChI is InChI=1S/C17H21NO4/c1-11(2)10-22-17(20)13-8-16(19)18(9-13)14-7-12(3)5-6-15(14)21-4/h5-7,13H,1,8-10H2,2-4H3. The zero-order valence-electron chi connectivity index (χ0n) is 13.2. The molecule has 0 bridgehead atoms. The second-order valence-corrected chi connectivity index (χ2v) is 5.65. The fourth-order valence-electron chi connectivity index (χ4n) is 2.42. The third kappa shape index (κ3) is 3.47. The fourth-order valence-corrected chi connectivity index (χ4v) is 2.42. The van der Waals surface area contributed by atoms with Crippen molar-refractivity contribution in [3.05, 3.63) is 35.9 Å². The van der Waals surface area contributed by atoms with Crippen molar-refractivity contribution in [2.45, 2.75) is 20.3 Å². The number of methoxy groups -OCH3 is 1. The average Bonchev–Trinajstić information content (AvgIpc) is 2.86. The van der Waals surface area contributed by atoms with Crippen molar-refractivity contribution in [3.8, 4) is 5.75 Å². The van der Waals surface area contributed by atoms with E-state index < -0.39 is 5.92 Å². The van der Waals surface area contributed by atoms with Gasteiger partial charge in [0, 0.05) is 13.0 Å². The monoisotopic (exact) mass is 303 g/mol. The summed E-state index contributed by atoms with van der Waals surface area (Å²) < 4.78 is 10.5. The van der Waals surface area contributed by atoms with Crippen LogP contribution in [0.3, 0.4) is 0 Å². The van der Waals surface area contributed by atoms with Crippen LogP contribution in [0.5, 0.6) is 5.75 Å². The number of rotatable bonds is 5. The summed E-state index contributed by atoms with van der Waals surface area (Å²) in [5.41, 5.74) is 2.49. The Bertz CT molecular complexity index is 609. The molecule has 1 atom stereocenters. The van der Waals surface area contributed by atoms with Crippen LogP contribution in [0, 0.1) is 12.8 Å². The van der Waals surface area contributed by atoms with Crippen LogP contribution in [0.1, 0.15) is 18.9 Å². The van der Waals surface area contributed by atoms with Crippen molar-refractivity contribution in [3.63, 3.8) is 0 Å². The molecule has 5 heteroatoms. The molecule has 1 aliphatic heterocycles. The number of anilines is 1. The molecule has 0 aliphatic carbocycles. The molecule has 1 aliphatic rings. The van der Waals surface area contributed by atoms with Crippen LogP contribution >= 0.6 is 0 Å². The molecule has 0 spiro atoms. The lowest BCUT2D eigenvalue weighted by molar-refractivity contribution is -0.147. The maximum Gasteiger partial charge on any atom is 0.311 e. The average molecular weight is 303 g/mol. The Labute approximate surface area is 130 Å². The van der Waals surface area contributed by atoms with Gasteiger partial charge in [-0.1, -0.05) is 12.6 Å². The van der Waals surface area contributed by atoms with E-state index in [0.717, 1.165) is 11.1 Å². The molecule has 0 radical (unpaired) electrons. The van der Waals surface area contributed by atoms with Crippen molar-refractivity contribution in [2.75, 3.05) is 25.2 Å². The highest BCUT2D eigenvalue weighted by atomic mass is 16.5. The number of amides is 1. The third-order valence-corrected chi connectivity index (χ3v) is 3.54. The largest absolute Gasteiger partial charge is 0.495 e. The van der Waals surface area contributed by atoms with Gasteiger partial charge in [0.1, 0.15) is 12.4 Å². The van der Waals surface area contributed by atoms with E-state index in [1.807, 2.05) is 25.1 Å². The Kier molecular flexibility index (Phi) is 4.85. The highest BCUT2D eigenvalue weighted by molar-refractivity contribution is 6.00. The summed E-state index contributed by atoms with van der Waals surface area (Å²) in [6.45, 7) is 7.93. The van der Waals surface area contributed by atoms with E-state index in [9.17, 15) is 9.59 Å². The molecule has 1 fully saturated rings. The molecule has 1 amide bonds. The molecule has 2 rings (SSSR count). The SMILES string of the molecule is C=C(C)COC(=O)C1CC(=O)N(c2cc(C)ccc2OC)C1. The topological polar surface area (TPSA) is 55.8 Å². The number of hydrogen-bond donors (Lipinski definition) is 0. The molecule has 1 saturated heterocycles. The van der Waals surface area contributed by atoms with Gasteiger partial charge in [-0.15, -0.1) is 0 Å². The second kappa shape index (κ2) is 6.64. The van der Waals surface area contributed by atoms with Crippen molar-refractivity contribution in [2.24, 2.45) is 5.92 Å². The van der Waals surface area contributed by atoms with E-state index in [0.29, 0.717) is 18.0 Å². The highest BCUT2D eigenvalue weighted by Crippen LogP contribution is 2.34. The minimum absolute atomic E-state index is 0.0961.